The second kappa shape index (κ2) is 7.50. The van der Waals surface area contributed by atoms with Gasteiger partial charge in [0, 0.05) is 15.8 Å². The predicted octanol–water partition coefficient (Wildman–Crippen LogP) is 5.42. The molecule has 2 N–H and O–H groups in total. The number of rotatable bonds is 5. The number of aryl methyl sites for hydroxylation is 1. The number of halogens is 3. The second-order valence-electron chi connectivity index (χ2n) is 5.57. The van der Waals surface area contributed by atoms with E-state index >= 15 is 0 Å². The number of carboxylic acids is 1. The van der Waals surface area contributed by atoms with Gasteiger partial charge in [-0.25, -0.2) is 4.79 Å². The Morgan fingerprint density at radius 3 is 2.63 bits per heavy atom. The van der Waals surface area contributed by atoms with E-state index in [0.717, 1.165) is 11.3 Å². The molecule has 1 amide bonds. The van der Waals surface area contributed by atoms with Gasteiger partial charge < -0.3 is 15.2 Å². The van der Waals surface area contributed by atoms with Crippen LogP contribution < -0.4 is 10.1 Å². The molecule has 27 heavy (non-hydrogen) atoms. The van der Waals surface area contributed by atoms with Crippen LogP contribution >= 0.6 is 22.9 Å². The largest absolute Gasteiger partial charge is 0.478 e. The zero-order valence-corrected chi connectivity index (χ0v) is 15.3. The molecule has 0 saturated heterocycles. The number of nitrogens with one attached hydrogen (secondary N) is 1. The fourth-order valence-corrected chi connectivity index (χ4v) is 3.88. The van der Waals surface area contributed by atoms with Crippen molar-refractivity contribution in [3.63, 3.8) is 0 Å². The molecule has 140 valence electrons. The van der Waals surface area contributed by atoms with Gasteiger partial charge in [0.15, 0.2) is 0 Å². The summed E-state index contributed by atoms with van der Waals surface area (Å²) in [6, 6.07) is 8.59. The van der Waals surface area contributed by atoms with Crippen LogP contribution in [0.5, 0.6) is 5.75 Å². The highest BCUT2D eigenvalue weighted by molar-refractivity contribution is 7.21. The molecule has 0 unspecified atom stereocenters. The lowest BCUT2D eigenvalue weighted by Gasteiger charge is -2.08. The second-order valence-corrected chi connectivity index (χ2v) is 7.00. The van der Waals surface area contributed by atoms with Crippen molar-refractivity contribution < 1.29 is 28.2 Å². The van der Waals surface area contributed by atoms with Gasteiger partial charge in [0.1, 0.15) is 10.6 Å². The van der Waals surface area contributed by atoms with Gasteiger partial charge >= 0.3 is 12.6 Å². The van der Waals surface area contributed by atoms with Crippen LogP contribution in [0.25, 0.3) is 10.1 Å². The fraction of sp³-hybridized carbons (Fsp3) is 0.111. The van der Waals surface area contributed by atoms with Crippen molar-refractivity contribution in [2.45, 2.75) is 13.5 Å². The highest BCUT2D eigenvalue weighted by Gasteiger charge is 2.19. The van der Waals surface area contributed by atoms with Crippen molar-refractivity contribution in [1.29, 1.82) is 0 Å². The number of alkyl halides is 2. The maximum Gasteiger partial charge on any atom is 0.387 e. The number of hydrogen-bond donors (Lipinski definition) is 2. The van der Waals surface area contributed by atoms with Gasteiger partial charge in [-0.2, -0.15) is 8.78 Å². The van der Waals surface area contributed by atoms with Gasteiger partial charge in [-0.15, -0.1) is 11.3 Å². The third-order valence-electron chi connectivity index (χ3n) is 3.77. The number of benzene rings is 2. The molecule has 0 fully saturated rings. The number of amides is 1. The van der Waals surface area contributed by atoms with E-state index in [2.05, 4.69) is 10.1 Å². The van der Waals surface area contributed by atoms with E-state index in [1.807, 2.05) is 0 Å². The first-order valence-corrected chi connectivity index (χ1v) is 8.78. The summed E-state index contributed by atoms with van der Waals surface area (Å²) in [4.78, 5) is 23.9. The van der Waals surface area contributed by atoms with Crippen molar-refractivity contribution >= 4 is 50.6 Å². The molecule has 0 radical (unpaired) electrons. The molecular weight excluding hydrogens is 400 g/mol. The Morgan fingerprint density at radius 2 is 1.96 bits per heavy atom. The van der Waals surface area contributed by atoms with E-state index in [-0.39, 0.29) is 21.2 Å². The number of anilines is 1. The first kappa shape index (κ1) is 19.1. The van der Waals surface area contributed by atoms with Crippen molar-refractivity contribution in [2.24, 2.45) is 0 Å². The topological polar surface area (TPSA) is 75.6 Å². The molecule has 3 rings (SSSR count). The predicted molar refractivity (Wildman–Crippen MR) is 99.6 cm³/mol. The summed E-state index contributed by atoms with van der Waals surface area (Å²) in [5.74, 6) is -1.67. The van der Waals surface area contributed by atoms with Crippen molar-refractivity contribution in [3.8, 4) is 5.75 Å². The van der Waals surface area contributed by atoms with E-state index in [4.69, 9.17) is 16.7 Å². The third kappa shape index (κ3) is 4.01. The quantitative estimate of drug-likeness (QED) is 0.588. The van der Waals surface area contributed by atoms with Crippen molar-refractivity contribution in [1.82, 2.24) is 0 Å². The standard InChI is InChI=1S/C18H12ClF2NO4S/c1-8-2-3-9(17(24)25)6-12(8)22-16(23)15-14(19)11-5-4-10(26-18(20)21)7-13(11)27-15/h2-7,18H,1H3,(H,22,23)(H,24,25). The summed E-state index contributed by atoms with van der Waals surface area (Å²) in [5.41, 5.74) is 1.06. The van der Waals surface area contributed by atoms with Crippen LogP contribution in [-0.2, 0) is 0 Å². The summed E-state index contributed by atoms with van der Waals surface area (Å²) in [6.45, 7) is -1.23. The van der Waals surface area contributed by atoms with Gasteiger partial charge in [0.2, 0.25) is 0 Å². The van der Waals surface area contributed by atoms with Gasteiger partial charge in [-0.3, -0.25) is 4.79 Å². The molecule has 0 atom stereocenters. The lowest BCUT2D eigenvalue weighted by atomic mass is 10.1. The van der Waals surface area contributed by atoms with E-state index in [9.17, 15) is 18.4 Å². The number of hydrogen-bond acceptors (Lipinski definition) is 4. The number of ether oxygens (including phenoxy) is 1. The van der Waals surface area contributed by atoms with Gasteiger partial charge in [0.25, 0.3) is 5.91 Å². The number of aromatic carboxylic acids is 1. The summed E-state index contributed by atoms with van der Waals surface area (Å²) < 4.78 is 29.6. The zero-order valence-electron chi connectivity index (χ0n) is 13.8. The third-order valence-corrected chi connectivity index (χ3v) is 5.42. The highest BCUT2D eigenvalue weighted by Crippen LogP contribution is 2.38. The molecule has 0 aliphatic rings. The van der Waals surface area contributed by atoms with Gasteiger partial charge in [0.05, 0.1) is 10.6 Å². The Bertz CT molecular complexity index is 1050. The molecule has 1 heterocycles. The summed E-state index contributed by atoms with van der Waals surface area (Å²) >= 11 is 7.29. The van der Waals surface area contributed by atoms with Crippen LogP contribution in [0.1, 0.15) is 25.6 Å². The summed E-state index contributed by atoms with van der Waals surface area (Å²) in [5, 5.41) is 12.4. The SMILES string of the molecule is Cc1ccc(C(=O)O)cc1NC(=O)c1sc2cc(OC(F)F)ccc2c1Cl. The summed E-state index contributed by atoms with van der Waals surface area (Å²) in [6.07, 6.45) is 0. The highest BCUT2D eigenvalue weighted by atomic mass is 35.5. The molecule has 0 bridgehead atoms. The minimum Gasteiger partial charge on any atom is -0.478 e. The average molecular weight is 412 g/mol. The fourth-order valence-electron chi connectivity index (χ4n) is 2.44. The van der Waals surface area contributed by atoms with Crippen LogP contribution in [0.4, 0.5) is 14.5 Å². The molecule has 0 saturated carbocycles. The first-order valence-electron chi connectivity index (χ1n) is 7.58. The molecular formula is C18H12ClF2NO4S. The van der Waals surface area contributed by atoms with Crippen LogP contribution in [-0.4, -0.2) is 23.6 Å². The molecule has 0 aliphatic heterocycles. The number of carboxylic acid groups (broad SMARTS) is 1. The monoisotopic (exact) mass is 411 g/mol. The Morgan fingerprint density at radius 1 is 1.22 bits per heavy atom. The van der Waals surface area contributed by atoms with E-state index in [1.165, 1.54) is 30.3 Å². The van der Waals surface area contributed by atoms with Crippen molar-refractivity contribution in [3.05, 3.63) is 57.4 Å². The van der Waals surface area contributed by atoms with Crippen LogP contribution in [0, 0.1) is 6.92 Å². The minimum absolute atomic E-state index is 0.0344. The van der Waals surface area contributed by atoms with Gasteiger partial charge in [-0.05, 0) is 42.8 Å². The van der Waals surface area contributed by atoms with Crippen LogP contribution in [0.2, 0.25) is 5.02 Å². The molecule has 3 aromatic rings. The van der Waals surface area contributed by atoms with E-state index in [1.54, 1.807) is 13.0 Å². The number of fused-ring (bicyclic) bond motifs is 1. The van der Waals surface area contributed by atoms with E-state index in [0.29, 0.717) is 21.3 Å². The number of carbonyl (C=O) groups excluding carboxylic acids is 1. The Kier molecular flexibility index (Phi) is 5.29. The van der Waals surface area contributed by atoms with Crippen LogP contribution in [0.15, 0.2) is 36.4 Å². The number of carbonyl (C=O) groups is 2. The Balaban J connectivity index is 1.93. The minimum atomic E-state index is -2.95. The molecule has 0 spiro atoms. The first-order chi connectivity index (χ1) is 12.8. The van der Waals surface area contributed by atoms with E-state index < -0.39 is 18.5 Å². The lowest BCUT2D eigenvalue weighted by molar-refractivity contribution is -0.0497. The maximum atomic E-state index is 12.6. The molecule has 1 aromatic heterocycles. The Hall–Kier alpha value is -2.71. The Labute approximate surface area is 161 Å². The van der Waals surface area contributed by atoms with Crippen LogP contribution in [0.3, 0.4) is 0 Å². The smallest absolute Gasteiger partial charge is 0.387 e. The molecule has 2 aromatic carbocycles. The zero-order chi connectivity index (χ0) is 19.7. The van der Waals surface area contributed by atoms with Gasteiger partial charge in [-0.1, -0.05) is 17.7 Å². The molecule has 9 heteroatoms. The normalized spacial score (nSPS) is 11.0. The lowest BCUT2D eigenvalue weighted by Crippen LogP contribution is -2.12. The summed E-state index contributed by atoms with van der Waals surface area (Å²) in [7, 11) is 0. The maximum absolute atomic E-state index is 12.6. The molecule has 0 aliphatic carbocycles. The molecule has 5 nitrogen and oxygen atoms in total. The number of thiophene rings is 1. The van der Waals surface area contributed by atoms with Crippen molar-refractivity contribution in [2.75, 3.05) is 5.32 Å². The average Bonchev–Trinajstić information content (AvgIpc) is 2.92.